The molecule has 2 saturated carbocycles. The molecule has 3 heteroatoms. The van der Waals surface area contributed by atoms with Crippen LogP contribution in [0, 0.1) is 17.8 Å². The fourth-order valence-electron chi connectivity index (χ4n) is 3.78. The summed E-state index contributed by atoms with van der Waals surface area (Å²) in [6.45, 7) is 0. The first-order valence-electron chi connectivity index (χ1n) is 7.09. The molecule has 0 aliphatic heterocycles. The van der Waals surface area contributed by atoms with Crippen LogP contribution in [-0.4, -0.2) is 19.0 Å². The lowest BCUT2D eigenvalue weighted by Crippen LogP contribution is -2.09. The minimum atomic E-state index is 0.612. The Morgan fingerprint density at radius 2 is 1.84 bits per heavy atom. The van der Waals surface area contributed by atoms with Crippen LogP contribution >= 0.6 is 15.9 Å². The van der Waals surface area contributed by atoms with Crippen molar-refractivity contribution in [1.82, 2.24) is 0 Å². The molecule has 0 N–H and O–H groups in total. The van der Waals surface area contributed by atoms with Crippen molar-refractivity contribution >= 4 is 15.9 Å². The smallest absolute Gasteiger partial charge is 0.160 e. The number of alkyl halides is 1. The second kappa shape index (κ2) is 5.35. The molecule has 0 saturated heterocycles. The van der Waals surface area contributed by atoms with Gasteiger partial charge >= 0.3 is 0 Å². The minimum Gasteiger partial charge on any atom is -0.493 e. The molecule has 0 bridgehead atoms. The van der Waals surface area contributed by atoms with Gasteiger partial charge in [-0.25, -0.2) is 0 Å². The summed E-state index contributed by atoms with van der Waals surface area (Å²) in [5.41, 5.74) is 1.32. The first kappa shape index (κ1) is 13.3. The van der Waals surface area contributed by atoms with E-state index in [9.17, 15) is 0 Å². The van der Waals surface area contributed by atoms with Gasteiger partial charge in [-0.3, -0.25) is 0 Å². The lowest BCUT2D eigenvalue weighted by molar-refractivity contribution is 0.354. The Balaban J connectivity index is 1.66. The van der Waals surface area contributed by atoms with Crippen molar-refractivity contribution in [2.24, 2.45) is 17.8 Å². The molecule has 104 valence electrons. The van der Waals surface area contributed by atoms with Crippen LogP contribution in [0.25, 0.3) is 0 Å². The summed E-state index contributed by atoms with van der Waals surface area (Å²) in [7, 11) is 3.37. The van der Waals surface area contributed by atoms with E-state index in [2.05, 4.69) is 28.1 Å². The molecule has 1 aromatic rings. The predicted octanol–water partition coefficient (Wildman–Crippen LogP) is 4.06. The van der Waals surface area contributed by atoms with Crippen molar-refractivity contribution in [3.05, 3.63) is 23.8 Å². The van der Waals surface area contributed by atoms with Gasteiger partial charge in [0.1, 0.15) is 0 Å². The Bertz CT molecular complexity index is 450. The van der Waals surface area contributed by atoms with Crippen LogP contribution in [0.2, 0.25) is 0 Å². The highest BCUT2D eigenvalue weighted by Crippen LogP contribution is 2.60. The van der Waals surface area contributed by atoms with Crippen LogP contribution in [0.15, 0.2) is 18.2 Å². The molecular weight excluding hydrogens is 304 g/mol. The van der Waals surface area contributed by atoms with Gasteiger partial charge < -0.3 is 9.47 Å². The van der Waals surface area contributed by atoms with Crippen LogP contribution in [0.4, 0.5) is 0 Å². The van der Waals surface area contributed by atoms with E-state index in [0.29, 0.717) is 4.83 Å². The predicted molar refractivity (Wildman–Crippen MR) is 80.3 cm³/mol. The Morgan fingerprint density at radius 1 is 1.16 bits per heavy atom. The third-order valence-corrected chi connectivity index (χ3v) is 5.70. The van der Waals surface area contributed by atoms with Gasteiger partial charge in [-0.05, 0) is 54.7 Å². The molecule has 19 heavy (non-hydrogen) atoms. The topological polar surface area (TPSA) is 18.5 Å². The number of hydrogen-bond donors (Lipinski definition) is 0. The molecule has 0 amide bonds. The summed E-state index contributed by atoms with van der Waals surface area (Å²) in [5, 5.41) is 0. The van der Waals surface area contributed by atoms with Gasteiger partial charge in [0.2, 0.25) is 0 Å². The average Bonchev–Trinajstić information content (AvgIpc) is 2.92. The van der Waals surface area contributed by atoms with E-state index in [1.54, 1.807) is 14.2 Å². The van der Waals surface area contributed by atoms with Gasteiger partial charge in [0.15, 0.2) is 11.5 Å². The fraction of sp³-hybridized carbons (Fsp3) is 0.625. The molecule has 0 spiro atoms. The van der Waals surface area contributed by atoms with E-state index in [0.717, 1.165) is 35.7 Å². The van der Waals surface area contributed by atoms with Gasteiger partial charge in [-0.2, -0.15) is 0 Å². The highest BCUT2D eigenvalue weighted by Gasteiger charge is 2.54. The van der Waals surface area contributed by atoms with Crippen molar-refractivity contribution in [3.8, 4) is 11.5 Å². The number of benzene rings is 1. The molecule has 0 aromatic heterocycles. The molecule has 3 atom stereocenters. The van der Waals surface area contributed by atoms with Crippen molar-refractivity contribution in [2.45, 2.75) is 30.5 Å². The molecule has 3 unspecified atom stereocenters. The highest BCUT2D eigenvalue weighted by molar-refractivity contribution is 9.09. The third kappa shape index (κ3) is 2.49. The number of halogens is 1. The zero-order valence-electron chi connectivity index (χ0n) is 11.6. The van der Waals surface area contributed by atoms with Crippen LogP contribution in [0.1, 0.15) is 24.8 Å². The van der Waals surface area contributed by atoms with E-state index >= 15 is 0 Å². The van der Waals surface area contributed by atoms with E-state index in [4.69, 9.17) is 9.47 Å². The summed E-state index contributed by atoms with van der Waals surface area (Å²) in [5.74, 6) is 4.55. The quantitative estimate of drug-likeness (QED) is 0.760. The Hall–Kier alpha value is -0.700. The summed E-state index contributed by atoms with van der Waals surface area (Å²) < 4.78 is 10.6. The van der Waals surface area contributed by atoms with E-state index in [1.165, 1.54) is 24.8 Å². The standard InChI is InChI=1S/C16H21BrO2/c1-18-14-7-6-10(9-15(14)19-2)8-13(17)16-11-4-3-5-12(11)16/h6-7,9,11-13,16H,3-5,8H2,1-2H3. The zero-order valence-corrected chi connectivity index (χ0v) is 13.2. The SMILES string of the molecule is COc1ccc(CC(Br)C2C3CCCC32)cc1OC. The maximum Gasteiger partial charge on any atom is 0.160 e. The largest absolute Gasteiger partial charge is 0.493 e. The van der Waals surface area contributed by atoms with Crippen LogP contribution in [-0.2, 0) is 6.42 Å². The summed E-state index contributed by atoms with van der Waals surface area (Å²) >= 11 is 3.91. The van der Waals surface area contributed by atoms with Crippen LogP contribution < -0.4 is 9.47 Å². The van der Waals surface area contributed by atoms with E-state index in [-0.39, 0.29) is 0 Å². The minimum absolute atomic E-state index is 0.612. The maximum absolute atomic E-state index is 5.37. The molecular formula is C16H21BrO2. The summed E-state index contributed by atoms with van der Waals surface area (Å²) in [4.78, 5) is 0.612. The van der Waals surface area contributed by atoms with Gasteiger partial charge in [-0.15, -0.1) is 0 Å². The normalized spacial score (nSPS) is 29.7. The molecule has 1 aromatic carbocycles. The summed E-state index contributed by atoms with van der Waals surface area (Å²) in [6.07, 6.45) is 5.42. The van der Waals surface area contributed by atoms with Crippen molar-refractivity contribution in [1.29, 1.82) is 0 Å². The molecule has 2 aliphatic rings. The Labute approximate surface area is 123 Å². The molecule has 2 nitrogen and oxygen atoms in total. The molecule has 2 aliphatic carbocycles. The molecule has 0 radical (unpaired) electrons. The molecule has 2 fully saturated rings. The highest BCUT2D eigenvalue weighted by atomic mass is 79.9. The zero-order chi connectivity index (χ0) is 13.4. The second-order valence-electron chi connectivity index (χ2n) is 5.75. The van der Waals surface area contributed by atoms with E-state index in [1.807, 2.05) is 6.07 Å². The van der Waals surface area contributed by atoms with Gasteiger partial charge in [0.05, 0.1) is 14.2 Å². The van der Waals surface area contributed by atoms with Gasteiger partial charge in [0.25, 0.3) is 0 Å². The van der Waals surface area contributed by atoms with Crippen LogP contribution in [0.5, 0.6) is 11.5 Å². The van der Waals surface area contributed by atoms with Gasteiger partial charge in [0, 0.05) is 4.83 Å². The lowest BCUT2D eigenvalue weighted by atomic mass is 10.0. The number of ether oxygens (including phenoxy) is 2. The lowest BCUT2D eigenvalue weighted by Gasteiger charge is -2.14. The number of fused-ring (bicyclic) bond motifs is 1. The first-order valence-corrected chi connectivity index (χ1v) is 8.01. The number of hydrogen-bond acceptors (Lipinski definition) is 2. The number of methoxy groups -OCH3 is 2. The average molecular weight is 325 g/mol. The summed E-state index contributed by atoms with van der Waals surface area (Å²) in [6, 6.07) is 6.25. The van der Waals surface area contributed by atoms with Crippen molar-refractivity contribution in [3.63, 3.8) is 0 Å². The van der Waals surface area contributed by atoms with Crippen molar-refractivity contribution < 1.29 is 9.47 Å². The van der Waals surface area contributed by atoms with E-state index < -0.39 is 0 Å². The molecule has 0 heterocycles. The monoisotopic (exact) mass is 324 g/mol. The fourth-order valence-corrected chi connectivity index (χ4v) is 4.94. The first-order chi connectivity index (χ1) is 9.24. The second-order valence-corrected chi connectivity index (χ2v) is 6.92. The number of rotatable bonds is 5. The Morgan fingerprint density at radius 3 is 2.47 bits per heavy atom. The van der Waals surface area contributed by atoms with Gasteiger partial charge in [-0.1, -0.05) is 28.4 Å². The third-order valence-electron chi connectivity index (χ3n) is 4.77. The van der Waals surface area contributed by atoms with Crippen molar-refractivity contribution in [2.75, 3.05) is 14.2 Å². The Kier molecular flexibility index (Phi) is 3.75. The molecule has 3 rings (SSSR count). The van der Waals surface area contributed by atoms with Crippen LogP contribution in [0.3, 0.4) is 0 Å². The maximum atomic E-state index is 5.37.